The van der Waals surface area contributed by atoms with Crippen LogP contribution in [0.5, 0.6) is 0 Å². The number of morpholine rings is 1. The van der Waals surface area contributed by atoms with Gasteiger partial charge in [0.25, 0.3) is 0 Å². The number of hydrogen-bond donors (Lipinski definition) is 1. The van der Waals surface area contributed by atoms with Crippen molar-refractivity contribution in [1.82, 2.24) is 9.80 Å². The molecular weight excluding hydrogens is 336 g/mol. The van der Waals surface area contributed by atoms with Crippen LogP contribution >= 0.6 is 0 Å². The van der Waals surface area contributed by atoms with Gasteiger partial charge in [0.05, 0.1) is 19.1 Å². The molecule has 2 fully saturated rings. The molecule has 0 unspecified atom stereocenters. The highest BCUT2D eigenvalue weighted by molar-refractivity contribution is 5.89. The molecule has 26 heavy (non-hydrogen) atoms. The number of carbonyl (C=O) groups excluding carboxylic acids is 2. The van der Waals surface area contributed by atoms with E-state index in [2.05, 4.69) is 0 Å². The fraction of sp³-hybridized carbons (Fsp3) is 0.526. The number of hydrogen-bond acceptors (Lipinski definition) is 4. The molecule has 0 aromatic heterocycles. The Labute approximate surface area is 152 Å². The van der Waals surface area contributed by atoms with Gasteiger partial charge in [-0.15, -0.1) is 0 Å². The molecule has 2 atom stereocenters. The van der Waals surface area contributed by atoms with Gasteiger partial charge >= 0.3 is 5.97 Å². The predicted molar refractivity (Wildman–Crippen MR) is 93.3 cm³/mol. The molecule has 2 aliphatic heterocycles. The summed E-state index contributed by atoms with van der Waals surface area (Å²) < 4.78 is 5.47. The van der Waals surface area contributed by atoms with Crippen molar-refractivity contribution in [3.63, 3.8) is 0 Å². The third-order valence-corrected chi connectivity index (χ3v) is 4.87. The summed E-state index contributed by atoms with van der Waals surface area (Å²) in [5.74, 6) is -1.12. The summed E-state index contributed by atoms with van der Waals surface area (Å²) in [5, 5.41) is 8.98. The maximum absolute atomic E-state index is 13.3. The first-order valence-electron chi connectivity index (χ1n) is 9.03. The van der Waals surface area contributed by atoms with E-state index >= 15 is 0 Å². The van der Waals surface area contributed by atoms with Gasteiger partial charge in [0.1, 0.15) is 6.04 Å². The number of piperidine rings is 1. The molecule has 1 aromatic rings. The van der Waals surface area contributed by atoms with Gasteiger partial charge in [-0.25, -0.2) is 0 Å². The highest BCUT2D eigenvalue weighted by Crippen LogP contribution is 2.28. The second-order valence-corrected chi connectivity index (χ2v) is 6.73. The molecule has 2 saturated heterocycles. The van der Waals surface area contributed by atoms with Crippen molar-refractivity contribution in [2.75, 3.05) is 26.2 Å². The maximum Gasteiger partial charge on any atom is 0.306 e. The van der Waals surface area contributed by atoms with E-state index in [4.69, 9.17) is 9.84 Å². The fourth-order valence-electron chi connectivity index (χ4n) is 3.60. The fourth-order valence-corrected chi connectivity index (χ4v) is 3.60. The highest BCUT2D eigenvalue weighted by atomic mass is 16.5. The zero-order valence-electron chi connectivity index (χ0n) is 14.7. The van der Waals surface area contributed by atoms with E-state index in [1.54, 1.807) is 9.80 Å². The molecule has 2 amide bonds. The Morgan fingerprint density at radius 2 is 1.96 bits per heavy atom. The largest absolute Gasteiger partial charge is 0.481 e. The molecule has 1 N–H and O–H groups in total. The number of carboxylic acids is 1. The topological polar surface area (TPSA) is 87.2 Å². The van der Waals surface area contributed by atoms with Crippen molar-refractivity contribution in [3.8, 4) is 0 Å². The zero-order chi connectivity index (χ0) is 18.5. The van der Waals surface area contributed by atoms with Gasteiger partial charge in [-0.3, -0.25) is 14.4 Å². The summed E-state index contributed by atoms with van der Waals surface area (Å²) in [7, 11) is 0. The molecule has 3 rings (SSSR count). The lowest BCUT2D eigenvalue weighted by molar-refractivity contribution is -0.154. The van der Waals surface area contributed by atoms with Gasteiger partial charge in [0, 0.05) is 26.1 Å². The Bertz CT molecular complexity index is 663. The van der Waals surface area contributed by atoms with E-state index in [1.165, 1.54) is 0 Å². The van der Waals surface area contributed by atoms with Gasteiger partial charge in [-0.2, -0.15) is 0 Å². The number of aliphatic carboxylic acids is 1. The van der Waals surface area contributed by atoms with Crippen LogP contribution in [0.3, 0.4) is 0 Å². The molecule has 7 heteroatoms. The molecule has 1 aromatic carbocycles. The number of ether oxygens (including phenoxy) is 1. The van der Waals surface area contributed by atoms with Gasteiger partial charge in [-0.1, -0.05) is 30.3 Å². The minimum atomic E-state index is -0.949. The van der Waals surface area contributed by atoms with E-state index in [-0.39, 0.29) is 24.8 Å². The summed E-state index contributed by atoms with van der Waals surface area (Å²) in [6.07, 6.45) is 1.54. The monoisotopic (exact) mass is 360 g/mol. The van der Waals surface area contributed by atoms with Gasteiger partial charge < -0.3 is 19.6 Å². The molecule has 0 saturated carbocycles. The van der Waals surface area contributed by atoms with Crippen molar-refractivity contribution in [2.45, 2.75) is 37.8 Å². The average molecular weight is 360 g/mol. The summed E-state index contributed by atoms with van der Waals surface area (Å²) in [4.78, 5) is 40.0. The van der Waals surface area contributed by atoms with Crippen LogP contribution < -0.4 is 0 Å². The van der Waals surface area contributed by atoms with E-state index in [1.807, 2.05) is 30.3 Å². The summed E-state index contributed by atoms with van der Waals surface area (Å²) in [6.45, 7) is 1.50. The van der Waals surface area contributed by atoms with E-state index in [0.29, 0.717) is 26.1 Å². The second-order valence-electron chi connectivity index (χ2n) is 6.73. The van der Waals surface area contributed by atoms with E-state index in [9.17, 15) is 14.4 Å². The number of amides is 2. The molecular formula is C19H24N2O5. The van der Waals surface area contributed by atoms with Crippen LogP contribution in [0.25, 0.3) is 0 Å². The number of nitrogens with zero attached hydrogens (tertiary/aromatic N) is 2. The van der Waals surface area contributed by atoms with Gasteiger partial charge in [-0.05, 0) is 18.4 Å². The molecule has 2 aliphatic rings. The Morgan fingerprint density at radius 1 is 1.19 bits per heavy atom. The van der Waals surface area contributed by atoms with Gasteiger partial charge in [0.15, 0.2) is 0 Å². The smallest absolute Gasteiger partial charge is 0.306 e. The minimum absolute atomic E-state index is 0.00574. The maximum atomic E-state index is 13.3. The summed E-state index contributed by atoms with van der Waals surface area (Å²) in [5.41, 5.74) is 0.786. The van der Waals surface area contributed by atoms with Crippen molar-refractivity contribution in [2.24, 2.45) is 0 Å². The molecule has 0 aliphatic carbocycles. The number of carboxylic acid groups (broad SMARTS) is 1. The van der Waals surface area contributed by atoms with E-state index in [0.717, 1.165) is 18.4 Å². The van der Waals surface area contributed by atoms with Crippen molar-refractivity contribution in [1.29, 1.82) is 0 Å². The van der Waals surface area contributed by atoms with Crippen LogP contribution in [-0.2, 0) is 19.1 Å². The number of rotatable bonds is 5. The molecule has 140 valence electrons. The van der Waals surface area contributed by atoms with Crippen LogP contribution in [-0.4, -0.2) is 65.0 Å². The van der Waals surface area contributed by atoms with Crippen LogP contribution in [0.1, 0.15) is 37.3 Å². The highest BCUT2D eigenvalue weighted by Gasteiger charge is 2.37. The first-order chi connectivity index (χ1) is 12.6. The van der Waals surface area contributed by atoms with Crippen LogP contribution in [0.4, 0.5) is 0 Å². The normalized spacial score (nSPS) is 22.2. The Hall–Kier alpha value is -2.41. The Kier molecular flexibility index (Phi) is 5.88. The minimum Gasteiger partial charge on any atom is -0.481 e. The SMILES string of the molecule is O=C(O)C[C@H]1CN(C(=O)[C@@H](c2ccccc2)N2CCCCC2=O)CCO1. The number of benzene rings is 1. The average Bonchev–Trinajstić information content (AvgIpc) is 2.64. The third-order valence-electron chi connectivity index (χ3n) is 4.87. The third kappa shape index (κ3) is 4.22. The predicted octanol–water partition coefficient (Wildman–Crippen LogP) is 1.44. The van der Waals surface area contributed by atoms with Crippen molar-refractivity contribution < 1.29 is 24.2 Å². The quantitative estimate of drug-likeness (QED) is 0.859. The van der Waals surface area contributed by atoms with Crippen LogP contribution in [0.2, 0.25) is 0 Å². The molecule has 0 radical (unpaired) electrons. The Morgan fingerprint density at radius 3 is 2.65 bits per heavy atom. The zero-order valence-corrected chi connectivity index (χ0v) is 14.7. The van der Waals surface area contributed by atoms with E-state index < -0.39 is 18.1 Å². The van der Waals surface area contributed by atoms with Crippen molar-refractivity contribution >= 4 is 17.8 Å². The summed E-state index contributed by atoms with van der Waals surface area (Å²) >= 11 is 0. The first-order valence-corrected chi connectivity index (χ1v) is 9.03. The molecule has 0 bridgehead atoms. The van der Waals surface area contributed by atoms with Crippen molar-refractivity contribution in [3.05, 3.63) is 35.9 Å². The Balaban J connectivity index is 1.82. The number of likely N-dealkylation sites (tertiary alicyclic amines) is 1. The van der Waals surface area contributed by atoms with Crippen LogP contribution in [0, 0.1) is 0 Å². The van der Waals surface area contributed by atoms with Crippen LogP contribution in [0.15, 0.2) is 30.3 Å². The molecule has 2 heterocycles. The second kappa shape index (κ2) is 8.31. The van der Waals surface area contributed by atoms with Gasteiger partial charge in [0.2, 0.25) is 11.8 Å². The lowest BCUT2D eigenvalue weighted by Crippen LogP contribution is -2.52. The number of carbonyl (C=O) groups is 3. The standard InChI is InChI=1S/C19H24N2O5/c22-16-8-4-5-9-21(16)18(14-6-2-1-3-7-14)19(25)20-10-11-26-15(13-20)12-17(23)24/h1-3,6-7,15,18H,4-5,8-13H2,(H,23,24)/t15-,18+/m0/s1. The lowest BCUT2D eigenvalue weighted by Gasteiger charge is -2.39. The first kappa shape index (κ1) is 18.4. The molecule has 0 spiro atoms. The molecule has 7 nitrogen and oxygen atoms in total. The summed E-state index contributed by atoms with van der Waals surface area (Å²) in [6, 6.07) is 8.65. The lowest BCUT2D eigenvalue weighted by atomic mass is 9.99.